The first-order chi connectivity index (χ1) is 7.31. The van der Waals surface area contributed by atoms with E-state index in [1.807, 2.05) is 6.07 Å². The van der Waals surface area contributed by atoms with Crippen LogP contribution in [0.1, 0.15) is 33.0 Å². The second-order valence-electron chi connectivity index (χ2n) is 3.81. The molecule has 0 unspecified atom stereocenters. The lowest BCUT2D eigenvalue weighted by atomic mass is 10.2. The van der Waals surface area contributed by atoms with E-state index in [2.05, 4.69) is 5.32 Å². The SMILES string of the molecule is NCCCNC(=O)c1cc2c(s1)CCC2. The number of hydrogen-bond acceptors (Lipinski definition) is 3. The van der Waals surface area contributed by atoms with Crippen LogP contribution in [0.25, 0.3) is 0 Å². The van der Waals surface area contributed by atoms with E-state index >= 15 is 0 Å². The Hall–Kier alpha value is -0.870. The maximum Gasteiger partial charge on any atom is 0.261 e. The highest BCUT2D eigenvalue weighted by molar-refractivity contribution is 7.14. The molecule has 1 aliphatic carbocycles. The van der Waals surface area contributed by atoms with E-state index in [1.54, 1.807) is 11.3 Å². The van der Waals surface area contributed by atoms with Gasteiger partial charge in [0.05, 0.1) is 4.88 Å². The number of rotatable bonds is 4. The van der Waals surface area contributed by atoms with Crippen molar-refractivity contribution in [1.82, 2.24) is 5.32 Å². The van der Waals surface area contributed by atoms with Crippen LogP contribution in [0.2, 0.25) is 0 Å². The lowest BCUT2D eigenvalue weighted by Gasteiger charge is -2.01. The molecule has 0 aromatic carbocycles. The first-order valence-corrected chi connectivity index (χ1v) is 6.23. The normalized spacial score (nSPS) is 13.9. The van der Waals surface area contributed by atoms with Crippen LogP contribution < -0.4 is 11.1 Å². The molecule has 0 aliphatic heterocycles. The van der Waals surface area contributed by atoms with E-state index in [9.17, 15) is 4.79 Å². The van der Waals surface area contributed by atoms with Crippen molar-refractivity contribution in [1.29, 1.82) is 0 Å². The van der Waals surface area contributed by atoms with Gasteiger partial charge < -0.3 is 11.1 Å². The van der Waals surface area contributed by atoms with Gasteiger partial charge in [0, 0.05) is 11.4 Å². The van der Waals surface area contributed by atoms with Crippen molar-refractivity contribution in [2.24, 2.45) is 5.73 Å². The van der Waals surface area contributed by atoms with Crippen molar-refractivity contribution in [3.8, 4) is 0 Å². The molecular formula is C11H16N2OS. The molecule has 3 nitrogen and oxygen atoms in total. The molecule has 2 rings (SSSR count). The van der Waals surface area contributed by atoms with Crippen LogP contribution in [0.15, 0.2) is 6.07 Å². The van der Waals surface area contributed by atoms with Crippen LogP contribution in [-0.4, -0.2) is 19.0 Å². The molecule has 1 heterocycles. The first-order valence-electron chi connectivity index (χ1n) is 5.41. The van der Waals surface area contributed by atoms with Gasteiger partial charge in [0.2, 0.25) is 0 Å². The Kier molecular flexibility index (Phi) is 3.38. The highest BCUT2D eigenvalue weighted by Gasteiger charge is 2.17. The summed E-state index contributed by atoms with van der Waals surface area (Å²) < 4.78 is 0. The lowest BCUT2D eigenvalue weighted by Crippen LogP contribution is -2.25. The third-order valence-corrected chi connectivity index (χ3v) is 3.87. The second kappa shape index (κ2) is 4.77. The number of hydrogen-bond donors (Lipinski definition) is 2. The smallest absolute Gasteiger partial charge is 0.261 e. The zero-order valence-electron chi connectivity index (χ0n) is 8.71. The zero-order chi connectivity index (χ0) is 10.7. The quantitative estimate of drug-likeness (QED) is 0.758. The summed E-state index contributed by atoms with van der Waals surface area (Å²) in [6.45, 7) is 1.30. The average molecular weight is 224 g/mol. The molecule has 3 N–H and O–H groups in total. The summed E-state index contributed by atoms with van der Waals surface area (Å²) in [5.41, 5.74) is 6.74. The van der Waals surface area contributed by atoms with Gasteiger partial charge in [-0.3, -0.25) is 4.79 Å². The van der Waals surface area contributed by atoms with E-state index in [1.165, 1.54) is 16.9 Å². The molecule has 0 atom stereocenters. The zero-order valence-corrected chi connectivity index (χ0v) is 9.53. The van der Waals surface area contributed by atoms with Crippen LogP contribution in [0, 0.1) is 0 Å². The van der Waals surface area contributed by atoms with Gasteiger partial charge in [-0.1, -0.05) is 0 Å². The highest BCUT2D eigenvalue weighted by atomic mass is 32.1. The predicted octanol–water partition coefficient (Wildman–Crippen LogP) is 1.32. The molecule has 0 fully saturated rings. The van der Waals surface area contributed by atoms with Crippen molar-refractivity contribution < 1.29 is 4.79 Å². The Balaban J connectivity index is 1.94. The lowest BCUT2D eigenvalue weighted by molar-refractivity contribution is 0.0957. The van der Waals surface area contributed by atoms with Crippen molar-refractivity contribution in [3.05, 3.63) is 21.4 Å². The number of fused-ring (bicyclic) bond motifs is 1. The number of carbonyl (C=O) groups excluding carboxylic acids is 1. The van der Waals surface area contributed by atoms with Gasteiger partial charge in [-0.15, -0.1) is 11.3 Å². The third kappa shape index (κ3) is 2.38. The summed E-state index contributed by atoms with van der Waals surface area (Å²) in [5, 5.41) is 2.88. The van der Waals surface area contributed by atoms with Crippen LogP contribution in [-0.2, 0) is 12.8 Å². The summed E-state index contributed by atoms with van der Waals surface area (Å²) in [5.74, 6) is 0.0582. The van der Waals surface area contributed by atoms with Crippen molar-refractivity contribution in [2.45, 2.75) is 25.7 Å². The Morgan fingerprint density at radius 2 is 2.40 bits per heavy atom. The van der Waals surface area contributed by atoms with E-state index < -0.39 is 0 Å². The van der Waals surface area contributed by atoms with Gasteiger partial charge in [0.1, 0.15) is 0 Å². The summed E-state index contributed by atoms with van der Waals surface area (Å²) in [7, 11) is 0. The average Bonchev–Trinajstić information content (AvgIpc) is 2.76. The first kappa shape index (κ1) is 10.6. The van der Waals surface area contributed by atoms with Gasteiger partial charge in [-0.2, -0.15) is 0 Å². The molecule has 1 aromatic rings. The molecule has 0 bridgehead atoms. The van der Waals surface area contributed by atoms with Gasteiger partial charge in [0.15, 0.2) is 0 Å². The molecule has 82 valence electrons. The van der Waals surface area contributed by atoms with Crippen molar-refractivity contribution in [2.75, 3.05) is 13.1 Å². The molecule has 15 heavy (non-hydrogen) atoms. The van der Waals surface area contributed by atoms with Crippen LogP contribution in [0.3, 0.4) is 0 Å². The fourth-order valence-electron chi connectivity index (χ4n) is 1.83. The van der Waals surface area contributed by atoms with E-state index in [0.29, 0.717) is 13.1 Å². The number of nitrogens with one attached hydrogen (secondary N) is 1. The fraction of sp³-hybridized carbons (Fsp3) is 0.545. The third-order valence-electron chi connectivity index (χ3n) is 2.64. The Bertz CT molecular complexity index is 338. The molecule has 0 spiro atoms. The topological polar surface area (TPSA) is 55.1 Å². The number of aryl methyl sites for hydroxylation is 2. The Morgan fingerprint density at radius 1 is 1.53 bits per heavy atom. The summed E-state index contributed by atoms with van der Waals surface area (Å²) in [4.78, 5) is 13.9. The monoisotopic (exact) mass is 224 g/mol. The highest BCUT2D eigenvalue weighted by Crippen LogP contribution is 2.30. The molecular weight excluding hydrogens is 208 g/mol. The maximum atomic E-state index is 11.7. The van der Waals surface area contributed by atoms with Crippen molar-refractivity contribution >= 4 is 17.2 Å². The van der Waals surface area contributed by atoms with E-state index in [0.717, 1.165) is 24.1 Å². The minimum atomic E-state index is 0.0582. The molecule has 0 saturated heterocycles. The second-order valence-corrected chi connectivity index (χ2v) is 4.95. The number of amides is 1. The van der Waals surface area contributed by atoms with Gasteiger partial charge in [-0.25, -0.2) is 0 Å². The summed E-state index contributed by atoms with van der Waals surface area (Å²) in [6, 6.07) is 2.05. The molecule has 4 heteroatoms. The van der Waals surface area contributed by atoms with Crippen LogP contribution in [0.5, 0.6) is 0 Å². The Labute approximate surface area is 93.7 Å². The number of thiophene rings is 1. The minimum absolute atomic E-state index is 0.0582. The fourth-order valence-corrected chi connectivity index (χ4v) is 3.00. The van der Waals surface area contributed by atoms with Crippen LogP contribution in [0.4, 0.5) is 0 Å². The van der Waals surface area contributed by atoms with E-state index in [-0.39, 0.29) is 5.91 Å². The largest absolute Gasteiger partial charge is 0.351 e. The minimum Gasteiger partial charge on any atom is -0.351 e. The molecule has 1 aliphatic rings. The molecule has 0 saturated carbocycles. The molecule has 0 radical (unpaired) electrons. The van der Waals surface area contributed by atoms with Crippen molar-refractivity contribution in [3.63, 3.8) is 0 Å². The predicted molar refractivity (Wildman–Crippen MR) is 62.3 cm³/mol. The Morgan fingerprint density at radius 3 is 3.13 bits per heavy atom. The van der Waals surface area contributed by atoms with Crippen LogP contribution >= 0.6 is 11.3 Å². The maximum absolute atomic E-state index is 11.7. The molecule has 1 aromatic heterocycles. The summed E-state index contributed by atoms with van der Waals surface area (Å²) >= 11 is 1.64. The number of carbonyl (C=O) groups is 1. The summed E-state index contributed by atoms with van der Waals surface area (Å²) in [6.07, 6.45) is 4.38. The standard InChI is InChI=1S/C11H16N2OS/c12-5-2-6-13-11(14)10-7-8-3-1-4-9(8)15-10/h7H,1-6,12H2,(H,13,14). The molecule has 1 amide bonds. The van der Waals surface area contributed by atoms with E-state index in [4.69, 9.17) is 5.73 Å². The van der Waals surface area contributed by atoms with Gasteiger partial charge >= 0.3 is 0 Å². The van der Waals surface area contributed by atoms with Gasteiger partial charge in [0.25, 0.3) is 5.91 Å². The number of nitrogens with two attached hydrogens (primary N) is 1. The van der Waals surface area contributed by atoms with Gasteiger partial charge in [-0.05, 0) is 43.9 Å².